The molecule has 0 aliphatic heterocycles. The molecule has 2 unspecified atom stereocenters. The molecule has 0 aromatic rings. The number of aliphatic carboxylic acids is 1. The molecule has 1 aliphatic rings. The standard InChI is InChI=1S/C11H19NO4S/c1-7(2)10(11(14)15)17(16)6-5-9(13)12-8-3-4-8/h7-8,10H,3-6H2,1-2H3,(H,12,13)(H,14,15). The molecule has 98 valence electrons. The van der Waals surface area contributed by atoms with Crippen LogP contribution in [0.1, 0.15) is 33.1 Å². The lowest BCUT2D eigenvalue weighted by molar-refractivity contribution is -0.137. The fourth-order valence-corrected chi connectivity index (χ4v) is 3.02. The minimum Gasteiger partial charge on any atom is -0.480 e. The van der Waals surface area contributed by atoms with Crippen LogP contribution in [0.15, 0.2) is 0 Å². The van der Waals surface area contributed by atoms with Crippen LogP contribution in [0.3, 0.4) is 0 Å². The van der Waals surface area contributed by atoms with Crippen molar-refractivity contribution in [2.75, 3.05) is 5.75 Å². The Morgan fingerprint density at radius 1 is 1.41 bits per heavy atom. The summed E-state index contributed by atoms with van der Waals surface area (Å²) in [6.45, 7) is 3.45. The number of carboxylic acids is 1. The van der Waals surface area contributed by atoms with Crippen LogP contribution in [0.5, 0.6) is 0 Å². The molecule has 1 fully saturated rings. The van der Waals surface area contributed by atoms with Crippen LogP contribution in [0.4, 0.5) is 0 Å². The Kier molecular flexibility index (Phi) is 5.11. The molecule has 0 bridgehead atoms. The number of nitrogens with one attached hydrogen (secondary N) is 1. The maximum atomic E-state index is 11.8. The largest absolute Gasteiger partial charge is 0.480 e. The predicted octanol–water partition coefficient (Wildman–Crippen LogP) is 0.513. The first-order valence-electron chi connectivity index (χ1n) is 5.81. The summed E-state index contributed by atoms with van der Waals surface area (Å²) in [5.74, 6) is -1.26. The second-order valence-corrected chi connectivity index (χ2v) is 6.36. The fourth-order valence-electron chi connectivity index (χ4n) is 1.55. The molecule has 0 spiro atoms. The Morgan fingerprint density at radius 3 is 2.41 bits per heavy atom. The fraction of sp³-hybridized carbons (Fsp3) is 0.818. The smallest absolute Gasteiger partial charge is 0.319 e. The molecule has 0 radical (unpaired) electrons. The first kappa shape index (κ1) is 14.2. The van der Waals surface area contributed by atoms with Gasteiger partial charge in [0.05, 0.1) is 0 Å². The molecule has 2 N–H and O–H groups in total. The van der Waals surface area contributed by atoms with Crippen LogP contribution in [0.25, 0.3) is 0 Å². The normalized spacial score (nSPS) is 18.8. The molecule has 1 saturated carbocycles. The van der Waals surface area contributed by atoms with Crippen molar-refractivity contribution < 1.29 is 18.9 Å². The Bertz CT molecular complexity index is 325. The first-order chi connectivity index (χ1) is 7.91. The summed E-state index contributed by atoms with van der Waals surface area (Å²) in [6.07, 6.45) is 2.16. The van der Waals surface area contributed by atoms with Gasteiger partial charge < -0.3 is 10.4 Å². The van der Waals surface area contributed by atoms with Crippen molar-refractivity contribution in [1.29, 1.82) is 0 Å². The molecule has 1 amide bonds. The molecule has 0 aromatic carbocycles. The Morgan fingerprint density at radius 2 is 2.00 bits per heavy atom. The predicted molar refractivity (Wildman–Crippen MR) is 65.1 cm³/mol. The van der Waals surface area contributed by atoms with Gasteiger partial charge in [0.25, 0.3) is 0 Å². The number of hydrogen-bond donors (Lipinski definition) is 2. The second-order valence-electron chi connectivity index (χ2n) is 4.68. The van der Waals surface area contributed by atoms with Crippen molar-refractivity contribution >= 4 is 22.7 Å². The monoisotopic (exact) mass is 261 g/mol. The van der Waals surface area contributed by atoms with Gasteiger partial charge in [-0.15, -0.1) is 0 Å². The first-order valence-corrected chi connectivity index (χ1v) is 7.19. The highest BCUT2D eigenvalue weighted by Gasteiger charge is 2.29. The van der Waals surface area contributed by atoms with Crippen molar-refractivity contribution in [1.82, 2.24) is 5.32 Å². The van der Waals surface area contributed by atoms with Gasteiger partial charge in [-0.2, -0.15) is 0 Å². The van der Waals surface area contributed by atoms with Crippen molar-refractivity contribution in [3.05, 3.63) is 0 Å². The summed E-state index contributed by atoms with van der Waals surface area (Å²) in [5, 5.41) is 10.8. The van der Waals surface area contributed by atoms with Crippen molar-refractivity contribution in [2.24, 2.45) is 5.92 Å². The summed E-state index contributed by atoms with van der Waals surface area (Å²) in [7, 11) is -1.49. The van der Waals surface area contributed by atoms with Crippen LogP contribution in [-0.2, 0) is 20.4 Å². The highest BCUT2D eigenvalue weighted by molar-refractivity contribution is 7.86. The van der Waals surface area contributed by atoms with Crippen molar-refractivity contribution in [3.8, 4) is 0 Å². The van der Waals surface area contributed by atoms with Crippen LogP contribution >= 0.6 is 0 Å². The molecule has 6 heteroatoms. The summed E-state index contributed by atoms with van der Waals surface area (Å²) in [5.41, 5.74) is 0. The van der Waals surface area contributed by atoms with E-state index in [1.54, 1.807) is 13.8 Å². The third kappa shape index (κ3) is 4.85. The zero-order valence-corrected chi connectivity index (χ0v) is 11.0. The molecule has 1 aliphatic carbocycles. The summed E-state index contributed by atoms with van der Waals surface area (Å²) >= 11 is 0. The van der Waals surface area contributed by atoms with Crippen LogP contribution in [0.2, 0.25) is 0 Å². The summed E-state index contributed by atoms with van der Waals surface area (Å²) in [4.78, 5) is 22.3. The van der Waals surface area contributed by atoms with E-state index in [0.717, 1.165) is 12.8 Å². The lowest BCUT2D eigenvalue weighted by Crippen LogP contribution is -2.34. The number of carboxylic acid groups (broad SMARTS) is 1. The van der Waals surface area contributed by atoms with Gasteiger partial charge >= 0.3 is 5.97 Å². The average Bonchev–Trinajstić information content (AvgIpc) is 2.97. The SMILES string of the molecule is CC(C)C(C(=O)O)S(=O)CCC(=O)NC1CC1. The van der Waals surface area contributed by atoms with Gasteiger partial charge in [0, 0.05) is 29.0 Å². The number of carbonyl (C=O) groups excluding carboxylic acids is 1. The number of amides is 1. The van der Waals surface area contributed by atoms with E-state index >= 15 is 0 Å². The Labute approximate surface area is 103 Å². The van der Waals surface area contributed by atoms with Crippen LogP contribution in [-0.4, -0.2) is 38.2 Å². The number of hydrogen-bond acceptors (Lipinski definition) is 3. The quantitative estimate of drug-likeness (QED) is 0.699. The maximum Gasteiger partial charge on any atom is 0.319 e. The third-order valence-corrected chi connectivity index (χ3v) is 4.52. The van der Waals surface area contributed by atoms with E-state index in [2.05, 4.69) is 5.32 Å². The molecule has 2 atom stereocenters. The second kappa shape index (κ2) is 6.14. The molecule has 0 aromatic heterocycles. The topological polar surface area (TPSA) is 83.5 Å². The van der Waals surface area contributed by atoms with Gasteiger partial charge in [-0.3, -0.25) is 13.8 Å². The number of rotatable bonds is 7. The van der Waals surface area contributed by atoms with E-state index in [-0.39, 0.29) is 30.0 Å². The van der Waals surface area contributed by atoms with Crippen molar-refractivity contribution in [2.45, 2.75) is 44.4 Å². The lowest BCUT2D eigenvalue weighted by Gasteiger charge is -2.15. The third-order valence-electron chi connectivity index (χ3n) is 2.60. The summed E-state index contributed by atoms with van der Waals surface area (Å²) < 4.78 is 11.8. The molecule has 0 heterocycles. The van der Waals surface area contributed by atoms with Gasteiger partial charge in [0.1, 0.15) is 5.25 Å². The Hall–Kier alpha value is -0.910. The van der Waals surface area contributed by atoms with Gasteiger partial charge in [0.15, 0.2) is 0 Å². The van der Waals surface area contributed by atoms with Gasteiger partial charge in [0.2, 0.25) is 5.91 Å². The van der Waals surface area contributed by atoms with Gasteiger partial charge in [-0.05, 0) is 18.8 Å². The van der Waals surface area contributed by atoms with Crippen LogP contribution < -0.4 is 5.32 Å². The number of carbonyl (C=O) groups is 2. The van der Waals surface area contributed by atoms with E-state index in [4.69, 9.17) is 5.11 Å². The van der Waals surface area contributed by atoms with E-state index in [1.807, 2.05) is 0 Å². The molecule has 17 heavy (non-hydrogen) atoms. The van der Waals surface area contributed by atoms with E-state index in [0.29, 0.717) is 0 Å². The average molecular weight is 261 g/mol. The summed E-state index contributed by atoms with van der Waals surface area (Å²) in [6, 6.07) is 0.288. The van der Waals surface area contributed by atoms with Crippen LogP contribution in [0, 0.1) is 5.92 Å². The Balaban J connectivity index is 2.35. The van der Waals surface area contributed by atoms with Crippen molar-refractivity contribution in [3.63, 3.8) is 0 Å². The molecule has 0 saturated heterocycles. The lowest BCUT2D eigenvalue weighted by atomic mass is 10.1. The zero-order chi connectivity index (χ0) is 13.0. The molecule has 5 nitrogen and oxygen atoms in total. The van der Waals surface area contributed by atoms with Gasteiger partial charge in [-0.25, -0.2) is 0 Å². The van der Waals surface area contributed by atoms with E-state index in [9.17, 15) is 13.8 Å². The van der Waals surface area contributed by atoms with E-state index < -0.39 is 22.0 Å². The highest BCUT2D eigenvalue weighted by atomic mass is 32.2. The maximum absolute atomic E-state index is 11.8. The van der Waals surface area contributed by atoms with E-state index in [1.165, 1.54) is 0 Å². The minimum atomic E-state index is -1.49. The zero-order valence-electron chi connectivity index (χ0n) is 10.1. The van der Waals surface area contributed by atoms with Gasteiger partial charge in [-0.1, -0.05) is 13.8 Å². The molecule has 1 rings (SSSR count). The minimum absolute atomic E-state index is 0.119. The highest BCUT2D eigenvalue weighted by Crippen LogP contribution is 2.18. The molecular formula is C11H19NO4S. The molecular weight excluding hydrogens is 242 g/mol.